The summed E-state index contributed by atoms with van der Waals surface area (Å²) >= 11 is 0. The highest BCUT2D eigenvalue weighted by atomic mass is 32.2. The fraction of sp³-hybridized carbons (Fsp3) is 0.143. The normalized spacial score (nSPS) is 10.9. The Bertz CT molecular complexity index is 798. The molecular formula is C14H14N4O2S. The quantitative estimate of drug-likeness (QED) is 0.842. The summed E-state index contributed by atoms with van der Waals surface area (Å²) in [6.45, 7) is 3.55. The van der Waals surface area contributed by atoms with E-state index in [0.717, 1.165) is 17.3 Å². The van der Waals surface area contributed by atoms with Crippen molar-refractivity contribution in [3.8, 4) is 6.07 Å². The van der Waals surface area contributed by atoms with Gasteiger partial charge in [-0.1, -0.05) is 0 Å². The van der Waals surface area contributed by atoms with E-state index in [4.69, 9.17) is 11.0 Å². The van der Waals surface area contributed by atoms with Crippen molar-refractivity contribution in [2.24, 2.45) is 0 Å². The Morgan fingerprint density at radius 2 is 1.86 bits per heavy atom. The maximum atomic E-state index is 12.3. The van der Waals surface area contributed by atoms with Gasteiger partial charge in [0.25, 0.3) is 10.0 Å². The molecule has 0 amide bonds. The molecule has 0 aliphatic rings. The molecule has 0 bridgehead atoms. The zero-order valence-electron chi connectivity index (χ0n) is 11.6. The lowest BCUT2D eigenvalue weighted by Crippen LogP contribution is -2.15. The lowest BCUT2D eigenvalue weighted by Gasteiger charge is -2.14. The van der Waals surface area contributed by atoms with E-state index in [0.29, 0.717) is 11.4 Å². The highest BCUT2D eigenvalue weighted by Crippen LogP contribution is 2.26. The minimum atomic E-state index is -3.76. The van der Waals surface area contributed by atoms with Crippen LogP contribution in [0.5, 0.6) is 0 Å². The van der Waals surface area contributed by atoms with E-state index in [9.17, 15) is 8.42 Å². The predicted octanol–water partition coefficient (Wildman–Crippen LogP) is 1.95. The van der Waals surface area contributed by atoms with Gasteiger partial charge >= 0.3 is 0 Å². The highest BCUT2D eigenvalue weighted by molar-refractivity contribution is 7.92. The van der Waals surface area contributed by atoms with Crippen LogP contribution in [0, 0.1) is 25.2 Å². The van der Waals surface area contributed by atoms with Crippen molar-refractivity contribution in [1.82, 2.24) is 4.98 Å². The standard InChI is InChI=1S/C14H14N4O2S/c1-9-5-11(16)6-10(2)14(9)18-21(19,20)13-4-3-12(7-15)17-8-13/h3-6,8,18H,16H2,1-2H3. The first-order valence-corrected chi connectivity index (χ1v) is 7.57. The molecule has 0 saturated heterocycles. The Kier molecular flexibility index (Phi) is 3.82. The number of hydrogen-bond donors (Lipinski definition) is 2. The number of nitriles is 1. The third-order valence-corrected chi connectivity index (χ3v) is 4.29. The molecule has 0 fully saturated rings. The van der Waals surface area contributed by atoms with Gasteiger partial charge in [-0.15, -0.1) is 0 Å². The molecule has 108 valence electrons. The van der Waals surface area contributed by atoms with Crippen LogP contribution in [0.3, 0.4) is 0 Å². The first-order chi connectivity index (χ1) is 9.83. The second-order valence-electron chi connectivity index (χ2n) is 4.63. The van der Waals surface area contributed by atoms with E-state index in [-0.39, 0.29) is 10.6 Å². The number of benzene rings is 1. The summed E-state index contributed by atoms with van der Waals surface area (Å²) in [6.07, 6.45) is 1.16. The van der Waals surface area contributed by atoms with Crippen LogP contribution in [0.2, 0.25) is 0 Å². The summed E-state index contributed by atoms with van der Waals surface area (Å²) in [5, 5.41) is 8.68. The Morgan fingerprint density at radius 3 is 2.33 bits per heavy atom. The van der Waals surface area contributed by atoms with E-state index < -0.39 is 10.0 Å². The second-order valence-corrected chi connectivity index (χ2v) is 6.31. The molecule has 1 aromatic heterocycles. The monoisotopic (exact) mass is 302 g/mol. The van der Waals surface area contributed by atoms with Crippen LogP contribution in [0.4, 0.5) is 11.4 Å². The molecule has 3 N–H and O–H groups in total. The van der Waals surface area contributed by atoms with Crippen LogP contribution in [0.25, 0.3) is 0 Å². The van der Waals surface area contributed by atoms with Gasteiger partial charge in [0.2, 0.25) is 0 Å². The lowest BCUT2D eigenvalue weighted by atomic mass is 10.1. The molecule has 0 aliphatic heterocycles. The molecule has 0 radical (unpaired) electrons. The van der Waals surface area contributed by atoms with Crippen molar-refractivity contribution >= 4 is 21.4 Å². The van der Waals surface area contributed by atoms with E-state index in [1.54, 1.807) is 26.0 Å². The van der Waals surface area contributed by atoms with Crippen molar-refractivity contribution in [3.05, 3.63) is 47.3 Å². The number of anilines is 2. The van der Waals surface area contributed by atoms with Crippen LogP contribution in [0.1, 0.15) is 16.8 Å². The number of rotatable bonds is 3. The van der Waals surface area contributed by atoms with Crippen molar-refractivity contribution in [2.45, 2.75) is 18.7 Å². The Hall–Kier alpha value is -2.59. The number of nitrogens with one attached hydrogen (secondary N) is 1. The molecule has 7 heteroatoms. The van der Waals surface area contributed by atoms with Gasteiger partial charge in [-0.25, -0.2) is 13.4 Å². The largest absolute Gasteiger partial charge is 0.399 e. The van der Waals surface area contributed by atoms with E-state index in [2.05, 4.69) is 9.71 Å². The molecule has 2 aromatic rings. The summed E-state index contributed by atoms with van der Waals surface area (Å²) in [7, 11) is -3.76. The van der Waals surface area contributed by atoms with Gasteiger partial charge in [-0.05, 0) is 49.2 Å². The third-order valence-electron chi connectivity index (χ3n) is 2.95. The zero-order valence-corrected chi connectivity index (χ0v) is 12.4. The molecule has 2 rings (SSSR count). The molecule has 0 saturated carbocycles. The van der Waals surface area contributed by atoms with E-state index in [1.807, 2.05) is 6.07 Å². The molecular weight excluding hydrogens is 288 g/mol. The smallest absolute Gasteiger partial charge is 0.263 e. The molecule has 0 spiro atoms. The van der Waals surface area contributed by atoms with Gasteiger partial charge in [0.05, 0.1) is 5.69 Å². The molecule has 1 aromatic carbocycles. The Balaban J connectivity index is 2.40. The second kappa shape index (κ2) is 5.42. The first-order valence-electron chi connectivity index (χ1n) is 6.09. The van der Waals surface area contributed by atoms with Gasteiger partial charge in [-0.2, -0.15) is 5.26 Å². The van der Waals surface area contributed by atoms with E-state index >= 15 is 0 Å². The molecule has 21 heavy (non-hydrogen) atoms. The van der Waals surface area contributed by atoms with Gasteiger partial charge in [-0.3, -0.25) is 4.72 Å². The summed E-state index contributed by atoms with van der Waals surface area (Å²) < 4.78 is 27.2. The third kappa shape index (κ3) is 3.12. The number of hydrogen-bond acceptors (Lipinski definition) is 5. The van der Waals surface area contributed by atoms with Gasteiger partial charge < -0.3 is 5.73 Å². The van der Waals surface area contributed by atoms with Crippen LogP contribution in [-0.2, 0) is 10.0 Å². The summed E-state index contributed by atoms with van der Waals surface area (Å²) in [6, 6.07) is 7.93. The van der Waals surface area contributed by atoms with Crippen LogP contribution >= 0.6 is 0 Å². The predicted molar refractivity (Wildman–Crippen MR) is 80.1 cm³/mol. The van der Waals surface area contributed by atoms with Crippen molar-refractivity contribution in [1.29, 1.82) is 5.26 Å². The van der Waals surface area contributed by atoms with Crippen LogP contribution in [-0.4, -0.2) is 13.4 Å². The summed E-state index contributed by atoms with van der Waals surface area (Å²) in [5.41, 5.74) is 8.42. The minimum absolute atomic E-state index is 0.00266. The molecule has 6 nitrogen and oxygen atoms in total. The number of aryl methyl sites for hydroxylation is 2. The average molecular weight is 302 g/mol. The number of nitrogens with zero attached hydrogens (tertiary/aromatic N) is 2. The molecule has 1 heterocycles. The number of nitrogen functional groups attached to an aromatic ring is 1. The topological polar surface area (TPSA) is 109 Å². The number of pyridine rings is 1. The average Bonchev–Trinajstić information content (AvgIpc) is 2.43. The fourth-order valence-electron chi connectivity index (χ4n) is 1.96. The Morgan fingerprint density at radius 1 is 1.24 bits per heavy atom. The van der Waals surface area contributed by atoms with Gasteiger partial charge in [0, 0.05) is 11.9 Å². The van der Waals surface area contributed by atoms with Crippen molar-refractivity contribution in [3.63, 3.8) is 0 Å². The van der Waals surface area contributed by atoms with Crippen molar-refractivity contribution in [2.75, 3.05) is 10.5 Å². The SMILES string of the molecule is Cc1cc(N)cc(C)c1NS(=O)(=O)c1ccc(C#N)nc1. The maximum Gasteiger partial charge on any atom is 0.263 e. The Labute approximate surface area is 123 Å². The van der Waals surface area contributed by atoms with Gasteiger partial charge in [0.15, 0.2) is 0 Å². The molecule has 0 atom stereocenters. The zero-order chi connectivity index (χ0) is 15.6. The summed E-state index contributed by atoms with van der Waals surface area (Å²) in [4.78, 5) is 3.76. The van der Waals surface area contributed by atoms with Crippen molar-refractivity contribution < 1.29 is 8.42 Å². The highest BCUT2D eigenvalue weighted by Gasteiger charge is 2.17. The number of nitrogens with two attached hydrogens (primary N) is 1. The minimum Gasteiger partial charge on any atom is -0.399 e. The number of aromatic nitrogens is 1. The van der Waals surface area contributed by atoms with Crippen LogP contribution < -0.4 is 10.5 Å². The summed E-state index contributed by atoms with van der Waals surface area (Å²) in [5.74, 6) is 0. The first kappa shape index (κ1) is 14.8. The fourth-order valence-corrected chi connectivity index (χ4v) is 3.10. The maximum absolute atomic E-state index is 12.3. The number of sulfonamides is 1. The van der Waals surface area contributed by atoms with Gasteiger partial charge in [0.1, 0.15) is 16.7 Å². The molecule has 0 aliphatic carbocycles. The molecule has 0 unspecified atom stereocenters. The van der Waals surface area contributed by atoms with E-state index in [1.165, 1.54) is 12.1 Å². The van der Waals surface area contributed by atoms with Crippen LogP contribution in [0.15, 0.2) is 35.4 Å². The lowest BCUT2D eigenvalue weighted by molar-refractivity contribution is 0.600.